The highest BCUT2D eigenvalue weighted by molar-refractivity contribution is 7.97. The second-order valence-electron chi connectivity index (χ2n) is 8.07. The molecule has 2 heterocycles. The molecule has 1 atom stereocenters. The third kappa shape index (κ3) is 4.26. The first-order chi connectivity index (χ1) is 16.9. The first kappa shape index (κ1) is 23.0. The maximum Gasteiger partial charge on any atom is 0.320 e. The third-order valence-corrected chi connectivity index (χ3v) is 7.64. The van der Waals surface area contributed by atoms with Crippen LogP contribution in [-0.4, -0.2) is 49.3 Å². The lowest BCUT2D eigenvalue weighted by Gasteiger charge is -2.13. The van der Waals surface area contributed by atoms with Gasteiger partial charge in [-0.05, 0) is 55.7 Å². The predicted octanol–water partition coefficient (Wildman–Crippen LogP) is 3.46. The average Bonchev–Trinajstić information content (AvgIpc) is 3.27. The Labute approximate surface area is 202 Å². The van der Waals surface area contributed by atoms with E-state index in [1.54, 1.807) is 24.4 Å². The van der Waals surface area contributed by atoms with E-state index in [1.807, 2.05) is 0 Å². The highest BCUT2D eigenvalue weighted by Crippen LogP contribution is 2.38. The molecule has 0 bridgehead atoms. The number of rotatable bonds is 4. The molecule has 0 spiro atoms. The Morgan fingerprint density at radius 1 is 1.06 bits per heavy atom. The van der Waals surface area contributed by atoms with Gasteiger partial charge in [0.25, 0.3) is 0 Å². The zero-order chi connectivity index (χ0) is 24.6. The first-order valence-corrected chi connectivity index (χ1v) is 12.5. The van der Waals surface area contributed by atoms with Gasteiger partial charge in [-0.2, -0.15) is 9.97 Å². The van der Waals surface area contributed by atoms with E-state index >= 15 is 0 Å². The average molecular weight is 494 g/mol. The molecule has 5 rings (SSSR count). The normalized spacial score (nSPS) is 19.4. The van der Waals surface area contributed by atoms with Crippen molar-refractivity contribution in [2.45, 2.75) is 30.7 Å². The van der Waals surface area contributed by atoms with Crippen molar-refractivity contribution in [2.24, 2.45) is 4.99 Å². The number of ketones is 1. The monoisotopic (exact) mass is 493 g/mol. The molecule has 0 radical (unpaired) electrons. The standard InChI is InChI=1S/C25H23N3O6S/c1-32-22-13-23(28-25(27-22)33-2)35(30,31)16-9-7-15(8-10-16)26-14-18-19(29)11-12-21-24(18)17-5-3-4-6-20(17)34-21/h7-14H,3-6H2,1-2H3,(H,30,31)/b18-14+. The number of aromatic nitrogens is 2. The molecule has 0 saturated heterocycles. The Hall–Kier alpha value is -3.76. The second-order valence-corrected chi connectivity index (χ2v) is 10.0. The molecule has 180 valence electrons. The highest BCUT2D eigenvalue weighted by Gasteiger charge is 2.28. The van der Waals surface area contributed by atoms with E-state index in [0.29, 0.717) is 17.0 Å². The van der Waals surface area contributed by atoms with Crippen molar-refractivity contribution in [3.63, 3.8) is 0 Å². The minimum Gasteiger partial charge on any atom is -0.481 e. The number of methoxy groups -OCH3 is 2. The van der Waals surface area contributed by atoms with Gasteiger partial charge in [0.1, 0.15) is 21.3 Å². The highest BCUT2D eigenvalue weighted by atomic mass is 32.2. The molecule has 9 nitrogen and oxygen atoms in total. The zero-order valence-corrected chi connectivity index (χ0v) is 20.0. The largest absolute Gasteiger partial charge is 0.481 e. The van der Waals surface area contributed by atoms with Crippen LogP contribution >= 0.6 is 0 Å². The van der Waals surface area contributed by atoms with Crippen molar-refractivity contribution >= 4 is 37.8 Å². The topological polar surface area (TPSA) is 124 Å². The number of allylic oxidation sites excluding steroid dienone is 6. The van der Waals surface area contributed by atoms with Crippen LogP contribution < -0.4 is 9.47 Å². The zero-order valence-electron chi connectivity index (χ0n) is 19.2. The van der Waals surface area contributed by atoms with E-state index in [9.17, 15) is 13.6 Å². The maximum absolute atomic E-state index is 13.2. The molecule has 3 aliphatic rings. The lowest BCUT2D eigenvalue weighted by molar-refractivity contribution is -0.109. The van der Waals surface area contributed by atoms with Gasteiger partial charge in [-0.25, -0.2) is 4.21 Å². The Balaban J connectivity index is 1.47. The van der Waals surface area contributed by atoms with Crippen LogP contribution in [0.3, 0.4) is 0 Å². The van der Waals surface area contributed by atoms with Crippen LogP contribution in [0.15, 0.2) is 57.1 Å². The van der Waals surface area contributed by atoms with Crippen LogP contribution in [0, 0.1) is 0 Å². The summed E-state index contributed by atoms with van der Waals surface area (Å²) in [5.74, 6) is 1.63. The van der Waals surface area contributed by atoms with E-state index in [2.05, 4.69) is 15.0 Å². The molecule has 0 aliphatic heterocycles. The molecule has 10 heteroatoms. The smallest absolute Gasteiger partial charge is 0.320 e. The summed E-state index contributed by atoms with van der Waals surface area (Å²) in [5, 5.41) is -0.134. The molecule has 35 heavy (non-hydrogen) atoms. The predicted molar refractivity (Wildman–Crippen MR) is 132 cm³/mol. The van der Waals surface area contributed by atoms with E-state index in [1.165, 1.54) is 38.5 Å². The van der Waals surface area contributed by atoms with Crippen LogP contribution in [0.1, 0.15) is 35.5 Å². The fourth-order valence-corrected chi connectivity index (χ4v) is 5.40. The van der Waals surface area contributed by atoms with Crippen molar-refractivity contribution in [2.75, 3.05) is 14.2 Å². The summed E-state index contributed by atoms with van der Waals surface area (Å²) in [6, 6.07) is 1.21. The summed E-state index contributed by atoms with van der Waals surface area (Å²) < 4.78 is 40.0. The molecule has 0 fully saturated rings. The number of hydrogen-bond donors (Lipinski definition) is 1. The van der Waals surface area contributed by atoms with Gasteiger partial charge < -0.3 is 18.4 Å². The SMILES string of the molecule is COc1cc(S(=O)(O)=C2C=CC(=N/C=C3\C(=O)C=Cc4oc5c(c43)CCCC5)C=C2)nc(OC)n1. The van der Waals surface area contributed by atoms with Crippen LogP contribution in [0.2, 0.25) is 0 Å². The van der Waals surface area contributed by atoms with Gasteiger partial charge in [0, 0.05) is 29.8 Å². The number of carbonyl (C=O) groups is 1. The quantitative estimate of drug-likeness (QED) is 0.390. The summed E-state index contributed by atoms with van der Waals surface area (Å²) in [6.07, 6.45) is 14.8. The number of carbonyl (C=O) groups excluding carboxylic acids is 1. The number of ether oxygens (including phenoxy) is 2. The summed E-state index contributed by atoms with van der Waals surface area (Å²) in [6.45, 7) is 0. The summed E-state index contributed by atoms with van der Waals surface area (Å²) in [4.78, 5) is 25.2. The molecule has 2 aromatic heterocycles. The number of furan rings is 1. The van der Waals surface area contributed by atoms with E-state index in [0.717, 1.165) is 42.6 Å². The number of aryl methyl sites for hydroxylation is 1. The van der Waals surface area contributed by atoms with Gasteiger partial charge in [-0.15, -0.1) is 0 Å². The van der Waals surface area contributed by atoms with Gasteiger partial charge in [0.2, 0.25) is 5.88 Å². The molecule has 1 unspecified atom stereocenters. The van der Waals surface area contributed by atoms with Gasteiger partial charge >= 0.3 is 6.01 Å². The fraction of sp³-hybridized carbons (Fsp3) is 0.240. The minimum absolute atomic E-state index is 0.0774. The number of hydrogen-bond acceptors (Lipinski definition) is 8. The van der Waals surface area contributed by atoms with Gasteiger partial charge in [0.15, 0.2) is 10.8 Å². The van der Waals surface area contributed by atoms with Crippen LogP contribution in [0.4, 0.5) is 0 Å². The van der Waals surface area contributed by atoms with Crippen LogP contribution in [-0.2, 0) is 27.4 Å². The van der Waals surface area contributed by atoms with E-state index in [4.69, 9.17) is 13.9 Å². The number of nitrogens with zero attached hydrogens (tertiary/aromatic N) is 3. The molecule has 3 aliphatic carbocycles. The molecule has 0 saturated carbocycles. The van der Waals surface area contributed by atoms with Crippen molar-refractivity contribution in [1.29, 1.82) is 0 Å². The van der Waals surface area contributed by atoms with Crippen molar-refractivity contribution in [1.82, 2.24) is 9.97 Å². The van der Waals surface area contributed by atoms with Gasteiger partial charge in [0.05, 0.1) is 30.4 Å². The third-order valence-electron chi connectivity index (χ3n) is 5.95. The molecular formula is C25H23N3O6S. The lowest BCUT2D eigenvalue weighted by Crippen LogP contribution is -2.15. The molecule has 1 N–H and O–H groups in total. The Kier molecular flexibility index (Phi) is 6.00. The maximum atomic E-state index is 13.2. The fourth-order valence-electron chi connectivity index (χ4n) is 4.19. The summed E-state index contributed by atoms with van der Waals surface area (Å²) in [5.41, 5.74) is 2.94. The van der Waals surface area contributed by atoms with Gasteiger partial charge in [-0.1, -0.05) is 0 Å². The number of fused-ring (bicyclic) bond motifs is 3. The van der Waals surface area contributed by atoms with Gasteiger partial charge in [-0.3, -0.25) is 9.79 Å². The molecular weight excluding hydrogens is 470 g/mol. The van der Waals surface area contributed by atoms with Crippen LogP contribution in [0.25, 0.3) is 11.6 Å². The lowest BCUT2D eigenvalue weighted by atomic mass is 9.88. The summed E-state index contributed by atoms with van der Waals surface area (Å²) in [7, 11) is -0.949. The minimum atomic E-state index is -3.70. The molecule has 0 amide bonds. The van der Waals surface area contributed by atoms with Crippen molar-refractivity contribution in [3.8, 4) is 11.9 Å². The summed E-state index contributed by atoms with van der Waals surface area (Å²) >= 11 is 0. The Morgan fingerprint density at radius 3 is 2.57 bits per heavy atom. The molecule has 2 aromatic rings. The first-order valence-electron chi connectivity index (χ1n) is 11.0. The molecule has 0 aromatic carbocycles. The Bertz CT molecular complexity index is 1460. The van der Waals surface area contributed by atoms with E-state index in [-0.39, 0.29) is 27.6 Å². The Morgan fingerprint density at radius 2 is 1.83 bits per heavy atom. The second kappa shape index (κ2) is 9.12. The van der Waals surface area contributed by atoms with E-state index < -0.39 is 9.80 Å². The van der Waals surface area contributed by atoms with Crippen molar-refractivity contribution in [3.05, 3.63) is 65.3 Å². The van der Waals surface area contributed by atoms with Crippen LogP contribution in [0.5, 0.6) is 11.9 Å². The number of aliphatic imine (C=N–C) groups is 1. The van der Waals surface area contributed by atoms with Crippen molar-refractivity contribution < 1.29 is 27.4 Å².